The number of fused-ring (bicyclic) bond motifs is 2. The Morgan fingerprint density at radius 3 is 2.44 bits per heavy atom. The zero-order valence-electron chi connectivity index (χ0n) is 23.4. The molecule has 1 amide bonds. The van der Waals surface area contributed by atoms with Crippen LogP contribution in [0.1, 0.15) is 41.0 Å². The molecule has 0 spiro atoms. The van der Waals surface area contributed by atoms with Crippen LogP contribution in [-0.4, -0.2) is 37.0 Å². The van der Waals surface area contributed by atoms with Crippen LogP contribution in [0.25, 0.3) is 16.3 Å². The van der Waals surface area contributed by atoms with E-state index in [1.807, 2.05) is 42.5 Å². The Balaban J connectivity index is 0.00000302. The molecule has 4 aliphatic rings. The molecule has 1 saturated heterocycles. The van der Waals surface area contributed by atoms with E-state index >= 15 is 0 Å². The van der Waals surface area contributed by atoms with Gasteiger partial charge < -0.3 is 19.5 Å². The summed E-state index contributed by atoms with van der Waals surface area (Å²) in [5, 5.41) is 15.6. The molecule has 200 valence electrons. The Bertz CT molecular complexity index is 1720. The molecule has 1 aliphatic heterocycles. The normalized spacial score (nSPS) is 25.6. The zero-order valence-corrected chi connectivity index (χ0v) is 25.4. The zero-order chi connectivity index (χ0) is 27.6. The molecule has 2 bridgehead atoms. The summed E-state index contributed by atoms with van der Waals surface area (Å²) in [6.45, 7) is 4.55. The number of likely N-dealkylation sites (tertiary alicyclic amines) is 1. The van der Waals surface area contributed by atoms with Crippen molar-refractivity contribution >= 4 is 28.2 Å². The quantitative estimate of drug-likeness (QED) is 0.281. The van der Waals surface area contributed by atoms with Crippen molar-refractivity contribution in [2.75, 3.05) is 20.2 Å². The van der Waals surface area contributed by atoms with E-state index in [9.17, 15) is 14.7 Å². The van der Waals surface area contributed by atoms with Crippen LogP contribution < -0.4 is 39.4 Å². The molecule has 4 atom stereocenters. The molecule has 6 heteroatoms. The summed E-state index contributed by atoms with van der Waals surface area (Å²) in [5.74, 6) is -1.34. The standard InChI is InChI=1S/C35H31NO4.Na/c1-22(26-11-6-8-14-30(26)40-2)32(37)36-20-31-34(25-16-15-23-9-3-4-10-24(23)19-25)18-17-29(35(31,21-36)33(38)39)27-12-5-7-13-28(27)34;/h3-16,19,29,31H,1,17-18,20-21H2,2H3,(H,38,39);/q;+1/p-1. The largest absolute Gasteiger partial charge is 1.00 e. The van der Waals surface area contributed by atoms with E-state index in [4.69, 9.17) is 4.74 Å². The first-order valence-corrected chi connectivity index (χ1v) is 13.8. The van der Waals surface area contributed by atoms with Crippen molar-refractivity contribution in [3.05, 3.63) is 120 Å². The Morgan fingerprint density at radius 1 is 0.951 bits per heavy atom. The van der Waals surface area contributed by atoms with Crippen molar-refractivity contribution in [3.63, 3.8) is 0 Å². The van der Waals surface area contributed by atoms with Gasteiger partial charge in [-0.3, -0.25) is 4.79 Å². The van der Waals surface area contributed by atoms with Gasteiger partial charge in [0.05, 0.1) is 13.1 Å². The van der Waals surface area contributed by atoms with E-state index < -0.39 is 16.8 Å². The van der Waals surface area contributed by atoms with Gasteiger partial charge in [-0.1, -0.05) is 91.5 Å². The molecule has 4 aromatic carbocycles. The predicted molar refractivity (Wildman–Crippen MR) is 153 cm³/mol. The molecule has 8 rings (SSSR count). The van der Waals surface area contributed by atoms with E-state index in [0.29, 0.717) is 23.4 Å². The average Bonchev–Trinajstić information content (AvgIpc) is 3.44. The van der Waals surface area contributed by atoms with E-state index in [2.05, 4.69) is 49.0 Å². The van der Waals surface area contributed by atoms with Crippen LogP contribution in [0.15, 0.2) is 97.6 Å². The van der Waals surface area contributed by atoms with Crippen LogP contribution in [0.5, 0.6) is 5.75 Å². The number of hydrogen-bond donors (Lipinski definition) is 0. The first-order valence-electron chi connectivity index (χ1n) is 13.8. The van der Waals surface area contributed by atoms with E-state index in [0.717, 1.165) is 34.7 Å². The summed E-state index contributed by atoms with van der Waals surface area (Å²) >= 11 is 0. The smallest absolute Gasteiger partial charge is 0.549 e. The summed E-state index contributed by atoms with van der Waals surface area (Å²) in [6, 6.07) is 30.3. The van der Waals surface area contributed by atoms with Gasteiger partial charge in [0, 0.05) is 41.0 Å². The number of carboxylic acids is 1. The second-order valence-corrected chi connectivity index (χ2v) is 11.5. The molecule has 3 aliphatic carbocycles. The van der Waals surface area contributed by atoms with Crippen molar-refractivity contribution in [2.45, 2.75) is 24.2 Å². The number of carbonyl (C=O) groups is 2. The Morgan fingerprint density at radius 2 is 1.66 bits per heavy atom. The summed E-state index contributed by atoms with van der Waals surface area (Å²) < 4.78 is 5.49. The number of nitrogens with zero attached hydrogens (tertiary/aromatic N) is 1. The molecule has 0 aromatic heterocycles. The van der Waals surface area contributed by atoms with Crippen molar-refractivity contribution in [2.24, 2.45) is 11.3 Å². The van der Waals surface area contributed by atoms with Gasteiger partial charge in [0.1, 0.15) is 5.75 Å². The number of benzene rings is 4. The first-order chi connectivity index (χ1) is 19.4. The fourth-order valence-electron chi connectivity index (χ4n) is 8.26. The number of carbonyl (C=O) groups excluding carboxylic acids is 2. The maximum absolute atomic E-state index is 14.0. The third-order valence-electron chi connectivity index (χ3n) is 9.96. The molecular weight excluding hydrogens is 521 g/mol. The number of hydrogen-bond acceptors (Lipinski definition) is 4. The summed E-state index contributed by atoms with van der Waals surface area (Å²) in [4.78, 5) is 29.1. The average molecular weight is 552 g/mol. The number of methoxy groups -OCH3 is 1. The monoisotopic (exact) mass is 551 g/mol. The predicted octanol–water partition coefficient (Wildman–Crippen LogP) is 1.94. The van der Waals surface area contributed by atoms with Crippen molar-refractivity contribution < 1.29 is 49.0 Å². The number of carboxylic acid groups (broad SMARTS) is 1. The molecule has 0 radical (unpaired) electrons. The van der Waals surface area contributed by atoms with Gasteiger partial charge in [-0.25, -0.2) is 0 Å². The van der Waals surface area contributed by atoms with E-state index in [1.54, 1.807) is 18.1 Å². The number of para-hydroxylation sites is 1. The van der Waals surface area contributed by atoms with Crippen LogP contribution in [0.2, 0.25) is 0 Å². The number of amides is 1. The van der Waals surface area contributed by atoms with E-state index in [-0.39, 0.29) is 53.8 Å². The van der Waals surface area contributed by atoms with Crippen LogP contribution in [0.3, 0.4) is 0 Å². The molecule has 41 heavy (non-hydrogen) atoms. The molecule has 1 heterocycles. The third-order valence-corrected chi connectivity index (χ3v) is 9.96. The molecule has 5 nitrogen and oxygen atoms in total. The topological polar surface area (TPSA) is 69.7 Å². The first kappa shape index (κ1) is 27.8. The van der Waals surface area contributed by atoms with E-state index in [1.165, 1.54) is 5.56 Å². The van der Waals surface area contributed by atoms with Gasteiger partial charge in [-0.2, -0.15) is 0 Å². The molecule has 0 N–H and O–H groups in total. The maximum Gasteiger partial charge on any atom is 1.00 e. The minimum Gasteiger partial charge on any atom is -0.549 e. The molecule has 4 unspecified atom stereocenters. The minimum atomic E-state index is -1.20. The Labute approximate surface area is 262 Å². The second kappa shape index (κ2) is 10.2. The fraction of sp³-hybridized carbons (Fsp3) is 0.257. The van der Waals surface area contributed by atoms with Gasteiger partial charge in [-0.15, -0.1) is 0 Å². The summed E-state index contributed by atoms with van der Waals surface area (Å²) in [5.41, 5.74) is 2.51. The summed E-state index contributed by atoms with van der Waals surface area (Å²) in [7, 11) is 1.56. The van der Waals surface area contributed by atoms with Crippen LogP contribution in [-0.2, 0) is 15.0 Å². The molecule has 4 aromatic rings. The molecular formula is C35H30NNaO4. The number of rotatable bonds is 5. The van der Waals surface area contributed by atoms with Crippen LogP contribution in [0.4, 0.5) is 0 Å². The van der Waals surface area contributed by atoms with Crippen molar-refractivity contribution in [1.29, 1.82) is 0 Å². The van der Waals surface area contributed by atoms with Gasteiger partial charge >= 0.3 is 29.6 Å². The fourth-order valence-corrected chi connectivity index (χ4v) is 8.26. The number of aliphatic carboxylic acids is 1. The molecule has 2 fully saturated rings. The summed E-state index contributed by atoms with van der Waals surface area (Å²) in [6.07, 6.45) is 1.55. The maximum atomic E-state index is 14.0. The third kappa shape index (κ3) is 3.79. The van der Waals surface area contributed by atoms with Gasteiger partial charge in [0.2, 0.25) is 0 Å². The Hall–Kier alpha value is -3.38. The van der Waals surface area contributed by atoms with Gasteiger partial charge in [-0.05, 0) is 52.3 Å². The van der Waals surface area contributed by atoms with Crippen molar-refractivity contribution in [3.8, 4) is 5.75 Å². The van der Waals surface area contributed by atoms with Crippen LogP contribution >= 0.6 is 0 Å². The van der Waals surface area contributed by atoms with Crippen LogP contribution in [0, 0.1) is 11.3 Å². The Kier molecular flexibility index (Phi) is 6.88. The number of ether oxygens (including phenoxy) is 1. The van der Waals surface area contributed by atoms with Crippen molar-refractivity contribution in [1.82, 2.24) is 4.90 Å². The SMILES string of the molecule is C=C(C(=O)N1CC2C3(c4ccc5ccccc5c4)CCC(c4ccccc43)C2(C(=O)[O-])C1)c1ccccc1OC.[Na+]. The minimum absolute atomic E-state index is 0. The van der Waals surface area contributed by atoms with Gasteiger partial charge in [0.15, 0.2) is 0 Å². The van der Waals surface area contributed by atoms with Gasteiger partial charge in [0.25, 0.3) is 5.91 Å². The molecule has 1 saturated carbocycles. The second-order valence-electron chi connectivity index (χ2n) is 11.5.